The lowest BCUT2D eigenvalue weighted by molar-refractivity contribution is 0.330. The Morgan fingerprint density at radius 3 is 2.36 bits per heavy atom. The maximum atomic E-state index is 6.62. The topological polar surface area (TPSA) is 53.7 Å². The van der Waals surface area contributed by atoms with E-state index in [0.717, 1.165) is 35.0 Å². The Balaban J connectivity index is 2.22. The first-order chi connectivity index (χ1) is 10.6. The van der Waals surface area contributed by atoms with E-state index in [1.165, 1.54) is 4.88 Å². The van der Waals surface area contributed by atoms with Crippen LogP contribution in [0.3, 0.4) is 0 Å². The first kappa shape index (κ1) is 17.1. The minimum atomic E-state index is -0.302. The van der Waals surface area contributed by atoms with Crippen LogP contribution in [0.2, 0.25) is 0 Å². The third-order valence-corrected chi connectivity index (χ3v) is 6.16. The van der Waals surface area contributed by atoms with Gasteiger partial charge in [-0.15, -0.1) is 11.3 Å². The minimum absolute atomic E-state index is 0.302. The Hall–Kier alpha value is -1.24. The van der Waals surface area contributed by atoms with E-state index in [9.17, 15) is 0 Å². The summed E-state index contributed by atoms with van der Waals surface area (Å²) in [5, 5.41) is 2.81. The van der Waals surface area contributed by atoms with Gasteiger partial charge >= 0.3 is 0 Å². The van der Waals surface area contributed by atoms with Gasteiger partial charge in [0.2, 0.25) is 10.8 Å². The van der Waals surface area contributed by atoms with Crippen LogP contribution in [0.25, 0.3) is 0 Å². The number of ether oxygens (including phenoxy) is 3. The second kappa shape index (κ2) is 7.35. The first-order valence-corrected chi connectivity index (χ1v) is 8.89. The molecule has 0 fully saturated rings. The summed E-state index contributed by atoms with van der Waals surface area (Å²) in [6.45, 7) is 2.13. The zero-order valence-corrected chi connectivity index (χ0v) is 15.1. The molecule has 0 aromatic carbocycles. The highest BCUT2D eigenvalue weighted by Crippen LogP contribution is 2.48. The lowest BCUT2D eigenvalue weighted by Gasteiger charge is -2.27. The van der Waals surface area contributed by atoms with Crippen molar-refractivity contribution in [2.45, 2.75) is 31.7 Å². The molecule has 2 rings (SSSR count). The van der Waals surface area contributed by atoms with E-state index in [1.807, 2.05) is 0 Å². The van der Waals surface area contributed by atoms with Crippen LogP contribution in [0.15, 0.2) is 17.5 Å². The lowest BCUT2D eigenvalue weighted by atomic mass is 9.89. The van der Waals surface area contributed by atoms with E-state index in [2.05, 4.69) is 24.4 Å². The Labute approximate surface area is 139 Å². The van der Waals surface area contributed by atoms with Crippen LogP contribution >= 0.6 is 22.7 Å². The Kier molecular flexibility index (Phi) is 5.72. The third-order valence-electron chi connectivity index (χ3n) is 3.90. The van der Waals surface area contributed by atoms with Gasteiger partial charge in [-0.2, -0.15) is 0 Å². The smallest absolute Gasteiger partial charge is 0.221 e. The molecule has 2 N–H and O–H groups in total. The molecule has 1 unspecified atom stereocenters. The highest BCUT2D eigenvalue weighted by Gasteiger charge is 2.28. The fourth-order valence-electron chi connectivity index (χ4n) is 2.48. The molecule has 4 nitrogen and oxygen atoms in total. The maximum absolute atomic E-state index is 6.62. The molecule has 2 aromatic rings. The molecular weight excluding hydrogens is 318 g/mol. The number of aryl methyl sites for hydroxylation is 1. The molecule has 0 aliphatic heterocycles. The number of hydrogen-bond acceptors (Lipinski definition) is 6. The minimum Gasteiger partial charge on any atom is -0.492 e. The van der Waals surface area contributed by atoms with Crippen LogP contribution in [0.4, 0.5) is 0 Å². The quantitative estimate of drug-likeness (QED) is 0.787. The molecule has 0 radical (unpaired) electrons. The number of thiophene rings is 2. The van der Waals surface area contributed by atoms with Crippen molar-refractivity contribution in [1.82, 2.24) is 0 Å². The summed E-state index contributed by atoms with van der Waals surface area (Å²) in [6, 6.07) is 4.16. The average Bonchev–Trinajstić information content (AvgIpc) is 3.19. The van der Waals surface area contributed by atoms with E-state index in [-0.39, 0.29) is 5.54 Å². The van der Waals surface area contributed by atoms with Crippen molar-refractivity contribution < 1.29 is 14.2 Å². The summed E-state index contributed by atoms with van der Waals surface area (Å²) < 4.78 is 16.3. The Bertz CT molecular complexity index is 595. The molecule has 6 heteroatoms. The van der Waals surface area contributed by atoms with E-state index in [0.29, 0.717) is 5.75 Å². The monoisotopic (exact) mass is 341 g/mol. The molecule has 0 bridgehead atoms. The molecule has 0 spiro atoms. The molecule has 1 atom stereocenters. The van der Waals surface area contributed by atoms with Gasteiger partial charge in [-0.25, -0.2) is 0 Å². The van der Waals surface area contributed by atoms with Gasteiger partial charge in [-0.1, -0.05) is 24.3 Å². The van der Waals surface area contributed by atoms with Crippen molar-refractivity contribution in [3.63, 3.8) is 0 Å². The van der Waals surface area contributed by atoms with Crippen LogP contribution in [0, 0.1) is 0 Å². The van der Waals surface area contributed by atoms with E-state index < -0.39 is 0 Å². The molecule has 0 aliphatic carbocycles. The molecule has 0 saturated carbocycles. The van der Waals surface area contributed by atoms with E-state index >= 15 is 0 Å². The molecule has 122 valence electrons. The molecule has 0 aliphatic rings. The molecule has 22 heavy (non-hydrogen) atoms. The van der Waals surface area contributed by atoms with Gasteiger partial charge in [0.25, 0.3) is 0 Å². The normalized spacial score (nSPS) is 13.7. The number of nitrogens with two attached hydrogens (primary N) is 1. The van der Waals surface area contributed by atoms with Crippen molar-refractivity contribution in [2.24, 2.45) is 5.73 Å². The van der Waals surface area contributed by atoms with Crippen molar-refractivity contribution >= 4 is 22.7 Å². The predicted molar refractivity (Wildman–Crippen MR) is 92.8 cm³/mol. The van der Waals surface area contributed by atoms with Gasteiger partial charge in [0, 0.05) is 4.88 Å². The third kappa shape index (κ3) is 3.24. The molecular formula is C16H23NO3S2. The maximum Gasteiger partial charge on any atom is 0.221 e. The van der Waals surface area contributed by atoms with Gasteiger partial charge in [0.05, 0.1) is 31.7 Å². The van der Waals surface area contributed by atoms with Crippen LogP contribution in [-0.4, -0.2) is 21.3 Å². The Morgan fingerprint density at radius 1 is 1.14 bits per heavy atom. The van der Waals surface area contributed by atoms with Crippen LogP contribution in [0.5, 0.6) is 16.6 Å². The summed E-state index contributed by atoms with van der Waals surface area (Å²) in [4.78, 5) is 2.33. The van der Waals surface area contributed by atoms with Gasteiger partial charge in [0.15, 0.2) is 5.75 Å². The Morgan fingerprint density at radius 2 is 1.86 bits per heavy atom. The molecule has 0 saturated heterocycles. The van der Waals surface area contributed by atoms with Crippen molar-refractivity contribution in [1.29, 1.82) is 0 Å². The van der Waals surface area contributed by atoms with Crippen molar-refractivity contribution in [3.8, 4) is 16.6 Å². The number of methoxy groups -OCH3 is 3. The number of rotatable bonds is 8. The molecule has 2 heterocycles. The van der Waals surface area contributed by atoms with Gasteiger partial charge in [-0.3, -0.25) is 0 Å². The van der Waals surface area contributed by atoms with Gasteiger partial charge in [0.1, 0.15) is 0 Å². The van der Waals surface area contributed by atoms with Crippen LogP contribution in [-0.2, 0) is 12.0 Å². The standard InChI is InChI=1S/C16H23NO3S2/c1-5-16(17,12-7-6-10-21-12)9-8-11-13(18-2)14(19-3)15(20-4)22-11/h6-7,10H,5,8-9,17H2,1-4H3. The summed E-state index contributed by atoms with van der Waals surface area (Å²) >= 11 is 3.27. The highest BCUT2D eigenvalue weighted by atomic mass is 32.1. The summed E-state index contributed by atoms with van der Waals surface area (Å²) in [6.07, 6.45) is 2.58. The number of hydrogen-bond donors (Lipinski definition) is 1. The van der Waals surface area contributed by atoms with Crippen molar-refractivity contribution in [2.75, 3.05) is 21.3 Å². The van der Waals surface area contributed by atoms with Crippen LogP contribution in [0.1, 0.15) is 29.5 Å². The lowest BCUT2D eigenvalue weighted by Crippen LogP contribution is -2.35. The fraction of sp³-hybridized carbons (Fsp3) is 0.500. The van der Waals surface area contributed by atoms with E-state index in [4.69, 9.17) is 19.9 Å². The largest absolute Gasteiger partial charge is 0.492 e. The summed E-state index contributed by atoms with van der Waals surface area (Å²) in [7, 11) is 4.92. The SMILES string of the molecule is CCC(N)(CCc1sc(OC)c(OC)c1OC)c1cccs1. The first-order valence-electron chi connectivity index (χ1n) is 7.20. The van der Waals surface area contributed by atoms with Crippen molar-refractivity contribution in [3.05, 3.63) is 27.3 Å². The summed E-state index contributed by atoms with van der Waals surface area (Å²) in [5.41, 5.74) is 6.32. The second-order valence-electron chi connectivity index (χ2n) is 5.07. The predicted octanol–water partition coefficient (Wildman–Crippen LogP) is 4.03. The second-order valence-corrected chi connectivity index (χ2v) is 7.09. The zero-order chi connectivity index (χ0) is 16.2. The highest BCUT2D eigenvalue weighted by molar-refractivity contribution is 7.14. The van der Waals surface area contributed by atoms with Crippen LogP contribution < -0.4 is 19.9 Å². The average molecular weight is 341 g/mol. The zero-order valence-electron chi connectivity index (χ0n) is 13.5. The molecule has 2 aromatic heterocycles. The van der Waals surface area contributed by atoms with Gasteiger partial charge in [-0.05, 0) is 30.7 Å². The van der Waals surface area contributed by atoms with Gasteiger partial charge < -0.3 is 19.9 Å². The van der Waals surface area contributed by atoms with E-state index in [1.54, 1.807) is 44.0 Å². The fourth-order valence-corrected chi connectivity index (χ4v) is 4.47. The molecule has 0 amide bonds. The summed E-state index contributed by atoms with van der Waals surface area (Å²) in [5.74, 6) is 1.43.